The number of alkyl halides is 3. The van der Waals surface area contributed by atoms with E-state index >= 15 is 0 Å². The fourth-order valence-electron chi connectivity index (χ4n) is 0.954. The normalized spacial score (nSPS) is 11.2. The molecule has 1 nitrogen and oxygen atoms in total. The lowest BCUT2D eigenvalue weighted by atomic mass is 10.2. The summed E-state index contributed by atoms with van der Waals surface area (Å²) in [6.45, 7) is 0. The minimum atomic E-state index is -5.12. The van der Waals surface area contributed by atoms with Crippen molar-refractivity contribution in [2.24, 2.45) is 0 Å². The molecule has 0 aliphatic rings. The fraction of sp³-hybridized carbons (Fsp3) is 0.111. The van der Waals surface area contributed by atoms with Gasteiger partial charge in [0.1, 0.15) is 0 Å². The van der Waals surface area contributed by atoms with Crippen molar-refractivity contribution < 1.29 is 35.5 Å². The second-order valence-corrected chi connectivity index (χ2v) is 2.77. The van der Waals surface area contributed by atoms with Gasteiger partial charge in [-0.05, 0) is 18.2 Å². The highest BCUT2D eigenvalue weighted by molar-refractivity contribution is 5.60. The summed E-state index contributed by atoms with van der Waals surface area (Å²) in [5.74, 6) is -4.84. The molecule has 94 valence electrons. The van der Waals surface area contributed by atoms with Crippen molar-refractivity contribution in [1.82, 2.24) is 0 Å². The fourth-order valence-corrected chi connectivity index (χ4v) is 0.954. The van der Waals surface area contributed by atoms with Crippen LogP contribution in [0.3, 0.4) is 0 Å². The number of rotatable bonds is 2. The number of hydrogen-bond donors (Lipinski definition) is 0. The van der Waals surface area contributed by atoms with Crippen LogP contribution < -0.4 is 4.74 Å². The van der Waals surface area contributed by atoms with Gasteiger partial charge in [0.2, 0.25) is 0 Å². The molecule has 0 fully saturated rings. The number of ether oxygens (including phenoxy) is 1. The first-order valence-corrected chi connectivity index (χ1v) is 3.97. The monoisotopic (exact) mass is 260 g/mol. The molecular weight excluding hydrogens is 257 g/mol. The minimum Gasteiger partial charge on any atom is -0.403 e. The highest BCUT2D eigenvalue weighted by atomic mass is 19.4. The predicted molar refractivity (Wildman–Crippen MR) is 43.3 cm³/mol. The Kier molecular flexibility index (Phi) is 3.64. The predicted octanol–water partition coefficient (Wildman–Crippen LogP) is 4.26. The highest BCUT2D eigenvalue weighted by Gasteiger charge is 2.32. The van der Waals surface area contributed by atoms with Crippen LogP contribution in [-0.2, 0) is 0 Å². The topological polar surface area (TPSA) is 9.23 Å². The van der Waals surface area contributed by atoms with Crippen LogP contribution in [0.1, 0.15) is 5.56 Å². The van der Waals surface area contributed by atoms with Crippen molar-refractivity contribution in [2.45, 2.75) is 6.36 Å². The Bertz CT molecular complexity index is 445. The third kappa shape index (κ3) is 3.65. The zero-order valence-corrected chi connectivity index (χ0v) is 7.79. The summed E-state index contributed by atoms with van der Waals surface area (Å²) in [5, 5.41) is 0. The van der Waals surface area contributed by atoms with Gasteiger partial charge in [0.25, 0.3) is 0 Å². The largest absolute Gasteiger partial charge is 0.573 e. The average molecular weight is 260 g/mol. The number of halogens is 7. The van der Waals surface area contributed by atoms with Crippen molar-refractivity contribution in [3.05, 3.63) is 35.7 Å². The first-order chi connectivity index (χ1) is 7.70. The van der Waals surface area contributed by atoms with Gasteiger partial charge in [0, 0.05) is 5.56 Å². The van der Waals surface area contributed by atoms with E-state index in [1.165, 1.54) is 0 Å². The zero-order valence-electron chi connectivity index (χ0n) is 7.79. The van der Waals surface area contributed by atoms with Crippen LogP contribution in [0.5, 0.6) is 5.75 Å². The maximum atomic E-state index is 12.9. The van der Waals surface area contributed by atoms with Gasteiger partial charge < -0.3 is 4.74 Å². The summed E-state index contributed by atoms with van der Waals surface area (Å²) in [6.07, 6.45) is -7.82. The van der Waals surface area contributed by atoms with Gasteiger partial charge >= 0.3 is 12.4 Å². The zero-order chi connectivity index (χ0) is 13.2. The van der Waals surface area contributed by atoms with E-state index in [9.17, 15) is 30.7 Å². The van der Waals surface area contributed by atoms with Gasteiger partial charge in [-0.3, -0.25) is 0 Å². The highest BCUT2D eigenvalue weighted by Crippen LogP contribution is 2.29. The molecule has 0 spiro atoms. The van der Waals surface area contributed by atoms with Crippen molar-refractivity contribution in [3.63, 3.8) is 0 Å². The lowest BCUT2D eigenvalue weighted by molar-refractivity contribution is -0.275. The SMILES string of the molecule is FC(F)=C(F)c1ccc(OC(F)(F)F)c(F)c1. The molecule has 0 radical (unpaired) electrons. The molecule has 0 saturated carbocycles. The molecule has 17 heavy (non-hydrogen) atoms. The van der Waals surface area contributed by atoms with Crippen LogP contribution in [0.25, 0.3) is 5.83 Å². The Labute approximate surface area is 90.1 Å². The summed E-state index contributed by atoms with van der Waals surface area (Å²) in [5.41, 5.74) is -0.878. The minimum absolute atomic E-state index is 0.176. The molecule has 1 aromatic carbocycles. The van der Waals surface area contributed by atoms with Crippen molar-refractivity contribution >= 4 is 5.83 Å². The van der Waals surface area contributed by atoms with Crippen molar-refractivity contribution in [3.8, 4) is 5.75 Å². The quantitative estimate of drug-likeness (QED) is 0.722. The summed E-state index contributed by atoms with van der Waals surface area (Å²) in [6, 6.07) is 1.12. The number of hydrogen-bond acceptors (Lipinski definition) is 1. The molecule has 0 atom stereocenters. The Morgan fingerprint density at radius 3 is 2.06 bits per heavy atom. The molecule has 8 heteroatoms. The van der Waals surface area contributed by atoms with E-state index in [0.29, 0.717) is 12.1 Å². The Morgan fingerprint density at radius 1 is 1.06 bits per heavy atom. The van der Waals surface area contributed by atoms with Crippen LogP contribution in [0, 0.1) is 5.82 Å². The molecule has 0 aliphatic carbocycles. The third-order valence-corrected chi connectivity index (χ3v) is 1.58. The lowest BCUT2D eigenvalue weighted by Crippen LogP contribution is -2.17. The maximum absolute atomic E-state index is 12.9. The van der Waals surface area contributed by atoms with E-state index in [1.54, 1.807) is 0 Å². The van der Waals surface area contributed by atoms with Crippen LogP contribution in [0.4, 0.5) is 30.7 Å². The molecule has 0 aromatic heterocycles. The molecule has 1 rings (SSSR count). The standard InChI is InChI=1S/C9H3F7O/c10-5-3-4(7(11)8(12)13)1-2-6(5)17-9(14,15)16/h1-3H. The van der Waals surface area contributed by atoms with E-state index < -0.39 is 35.4 Å². The molecule has 1 aromatic rings. The van der Waals surface area contributed by atoms with Gasteiger partial charge in [-0.2, -0.15) is 8.78 Å². The summed E-state index contributed by atoms with van der Waals surface area (Å²) in [4.78, 5) is 0. The molecule has 0 N–H and O–H groups in total. The molecule has 0 aliphatic heterocycles. The molecule has 0 unspecified atom stereocenters. The van der Waals surface area contributed by atoms with Gasteiger partial charge in [-0.25, -0.2) is 8.78 Å². The van der Waals surface area contributed by atoms with Crippen LogP contribution in [-0.4, -0.2) is 6.36 Å². The van der Waals surface area contributed by atoms with Crippen molar-refractivity contribution in [1.29, 1.82) is 0 Å². The Balaban J connectivity index is 3.07. The number of benzene rings is 1. The average Bonchev–Trinajstić information content (AvgIpc) is 2.18. The summed E-state index contributed by atoms with van der Waals surface area (Å²) >= 11 is 0. The molecule has 0 heterocycles. The van der Waals surface area contributed by atoms with E-state index in [2.05, 4.69) is 4.74 Å². The summed E-state index contributed by atoms with van der Waals surface area (Å²) < 4.78 is 87.5. The smallest absolute Gasteiger partial charge is 0.403 e. The van der Waals surface area contributed by atoms with Gasteiger partial charge in [0.05, 0.1) is 0 Å². The maximum Gasteiger partial charge on any atom is 0.573 e. The Morgan fingerprint density at radius 2 is 1.65 bits per heavy atom. The van der Waals surface area contributed by atoms with Gasteiger partial charge in [0.15, 0.2) is 17.4 Å². The lowest BCUT2D eigenvalue weighted by Gasteiger charge is -2.09. The summed E-state index contributed by atoms with van der Waals surface area (Å²) in [7, 11) is 0. The molecular formula is C9H3F7O. The third-order valence-electron chi connectivity index (χ3n) is 1.58. The van der Waals surface area contributed by atoms with Gasteiger partial charge in [-0.1, -0.05) is 0 Å². The van der Waals surface area contributed by atoms with Crippen LogP contribution >= 0.6 is 0 Å². The van der Waals surface area contributed by atoms with E-state index in [0.717, 1.165) is 0 Å². The van der Waals surface area contributed by atoms with E-state index in [1.807, 2.05) is 0 Å². The van der Waals surface area contributed by atoms with Crippen LogP contribution in [0.15, 0.2) is 24.3 Å². The van der Waals surface area contributed by atoms with Gasteiger partial charge in [-0.15, -0.1) is 13.2 Å². The Hall–Kier alpha value is -1.73. The first kappa shape index (κ1) is 13.3. The van der Waals surface area contributed by atoms with E-state index in [-0.39, 0.29) is 6.07 Å². The van der Waals surface area contributed by atoms with Crippen LogP contribution in [0.2, 0.25) is 0 Å². The molecule has 0 amide bonds. The molecule has 0 bridgehead atoms. The first-order valence-electron chi connectivity index (χ1n) is 3.97. The molecule has 0 saturated heterocycles. The second kappa shape index (κ2) is 4.64. The second-order valence-electron chi connectivity index (χ2n) is 2.77. The van der Waals surface area contributed by atoms with Crippen molar-refractivity contribution in [2.75, 3.05) is 0 Å². The van der Waals surface area contributed by atoms with E-state index in [4.69, 9.17) is 0 Å².